The molecule has 1 aromatic carbocycles. The molecule has 0 radical (unpaired) electrons. The zero-order chi connectivity index (χ0) is 14.6. The van der Waals surface area contributed by atoms with Crippen LogP contribution in [0, 0.1) is 10.1 Å². The Morgan fingerprint density at radius 2 is 2.16 bits per heavy atom. The average molecular weight is 307 g/mol. The molecule has 1 rings (SSSR count). The zero-order valence-electron chi connectivity index (χ0n) is 10.0. The standard InChI is InChI=1S/C11H12Cl2N2O4/c1-2-8(11(16)17)14-5-6-9(15(18)19)4-3-7(12)10(6)13/h3-4,8,14H,2,5H2,1H3,(H,16,17). The number of hydrogen-bond acceptors (Lipinski definition) is 4. The molecule has 2 N–H and O–H groups in total. The van der Waals surface area contributed by atoms with E-state index in [9.17, 15) is 14.9 Å². The Bertz CT molecular complexity index is 508. The second kappa shape index (κ2) is 6.70. The van der Waals surface area contributed by atoms with Gasteiger partial charge in [-0.15, -0.1) is 0 Å². The SMILES string of the molecule is CCC(NCc1c([N+](=O)[O-])ccc(Cl)c1Cl)C(=O)O. The van der Waals surface area contributed by atoms with Crippen molar-refractivity contribution in [2.45, 2.75) is 25.9 Å². The molecule has 0 spiro atoms. The number of carboxylic acids is 1. The zero-order valence-corrected chi connectivity index (χ0v) is 11.5. The van der Waals surface area contributed by atoms with E-state index in [0.29, 0.717) is 6.42 Å². The van der Waals surface area contributed by atoms with Crippen molar-refractivity contribution in [3.05, 3.63) is 37.9 Å². The third kappa shape index (κ3) is 3.79. The smallest absolute Gasteiger partial charge is 0.320 e. The highest BCUT2D eigenvalue weighted by molar-refractivity contribution is 6.42. The average Bonchev–Trinajstić information content (AvgIpc) is 2.34. The van der Waals surface area contributed by atoms with Crippen molar-refractivity contribution in [1.29, 1.82) is 0 Å². The van der Waals surface area contributed by atoms with Crippen LogP contribution in [0.25, 0.3) is 0 Å². The highest BCUT2D eigenvalue weighted by atomic mass is 35.5. The Balaban J connectivity index is 3.02. The second-order valence-electron chi connectivity index (χ2n) is 3.80. The molecule has 0 aliphatic carbocycles. The third-order valence-corrected chi connectivity index (χ3v) is 3.44. The molecular weight excluding hydrogens is 295 g/mol. The van der Waals surface area contributed by atoms with Gasteiger partial charge >= 0.3 is 5.97 Å². The molecule has 0 bridgehead atoms. The number of nitrogens with zero attached hydrogens (tertiary/aromatic N) is 1. The van der Waals surface area contributed by atoms with Crippen molar-refractivity contribution in [3.8, 4) is 0 Å². The number of nitro groups is 1. The molecule has 1 atom stereocenters. The monoisotopic (exact) mass is 306 g/mol. The summed E-state index contributed by atoms with van der Waals surface area (Å²) in [6.45, 7) is 1.65. The first-order valence-electron chi connectivity index (χ1n) is 5.45. The number of carbonyl (C=O) groups is 1. The molecule has 104 valence electrons. The van der Waals surface area contributed by atoms with Gasteiger partial charge in [0.25, 0.3) is 5.69 Å². The van der Waals surface area contributed by atoms with Gasteiger partial charge in [-0.25, -0.2) is 0 Å². The van der Waals surface area contributed by atoms with Gasteiger partial charge in [0, 0.05) is 12.6 Å². The molecule has 0 aliphatic heterocycles. The second-order valence-corrected chi connectivity index (χ2v) is 4.58. The van der Waals surface area contributed by atoms with Crippen molar-refractivity contribution in [3.63, 3.8) is 0 Å². The lowest BCUT2D eigenvalue weighted by molar-refractivity contribution is -0.385. The van der Waals surface area contributed by atoms with Gasteiger partial charge in [-0.05, 0) is 12.5 Å². The number of aliphatic carboxylic acids is 1. The fraction of sp³-hybridized carbons (Fsp3) is 0.364. The number of rotatable bonds is 6. The van der Waals surface area contributed by atoms with Crippen molar-refractivity contribution in [2.24, 2.45) is 0 Å². The number of hydrogen-bond donors (Lipinski definition) is 2. The van der Waals surface area contributed by atoms with Crippen LogP contribution in [-0.2, 0) is 11.3 Å². The van der Waals surface area contributed by atoms with E-state index in [2.05, 4.69) is 5.32 Å². The van der Waals surface area contributed by atoms with Crippen LogP contribution >= 0.6 is 23.2 Å². The number of nitrogens with one attached hydrogen (secondary N) is 1. The first kappa shape index (κ1) is 15.7. The van der Waals surface area contributed by atoms with Crippen molar-refractivity contribution in [2.75, 3.05) is 0 Å². The van der Waals surface area contributed by atoms with Crippen LogP contribution < -0.4 is 5.32 Å². The Morgan fingerprint density at radius 3 is 2.63 bits per heavy atom. The van der Waals surface area contributed by atoms with Gasteiger partial charge in [-0.1, -0.05) is 30.1 Å². The third-order valence-electron chi connectivity index (χ3n) is 2.60. The lowest BCUT2D eigenvalue weighted by atomic mass is 10.1. The highest BCUT2D eigenvalue weighted by Crippen LogP contribution is 2.32. The quantitative estimate of drug-likeness (QED) is 0.622. The number of nitro benzene ring substituents is 1. The molecule has 0 fully saturated rings. The summed E-state index contributed by atoms with van der Waals surface area (Å²) in [6, 6.07) is 1.78. The van der Waals surface area contributed by atoms with Crippen molar-refractivity contribution in [1.82, 2.24) is 5.32 Å². The molecule has 0 heterocycles. The first-order chi connectivity index (χ1) is 8.88. The summed E-state index contributed by atoms with van der Waals surface area (Å²) in [5, 5.41) is 22.7. The van der Waals surface area contributed by atoms with Crippen LogP contribution in [0.1, 0.15) is 18.9 Å². The molecule has 6 nitrogen and oxygen atoms in total. The molecule has 0 aliphatic rings. The maximum absolute atomic E-state index is 10.9. The Morgan fingerprint density at radius 1 is 1.53 bits per heavy atom. The molecule has 0 saturated heterocycles. The van der Waals surface area contributed by atoms with E-state index in [0.717, 1.165) is 0 Å². The predicted molar refractivity (Wildman–Crippen MR) is 71.7 cm³/mol. The van der Waals surface area contributed by atoms with Gasteiger partial charge in [0.15, 0.2) is 0 Å². The largest absolute Gasteiger partial charge is 0.480 e. The van der Waals surface area contributed by atoms with Gasteiger partial charge in [0.05, 0.1) is 20.5 Å². The maximum atomic E-state index is 10.9. The maximum Gasteiger partial charge on any atom is 0.320 e. The first-order valence-corrected chi connectivity index (χ1v) is 6.21. The topological polar surface area (TPSA) is 92.5 Å². The fourth-order valence-electron chi connectivity index (χ4n) is 1.55. The van der Waals surface area contributed by atoms with E-state index < -0.39 is 16.9 Å². The summed E-state index contributed by atoms with van der Waals surface area (Å²) < 4.78 is 0. The Hall–Kier alpha value is -1.37. The molecule has 19 heavy (non-hydrogen) atoms. The fourth-order valence-corrected chi connectivity index (χ4v) is 1.96. The number of benzene rings is 1. The Labute approximate surface area is 119 Å². The van der Waals surface area contributed by atoms with Gasteiger partial charge in [0.1, 0.15) is 6.04 Å². The van der Waals surface area contributed by atoms with E-state index in [4.69, 9.17) is 28.3 Å². The summed E-state index contributed by atoms with van der Waals surface area (Å²) in [7, 11) is 0. The molecule has 8 heteroatoms. The van der Waals surface area contributed by atoms with Crippen LogP contribution in [0.3, 0.4) is 0 Å². The van der Waals surface area contributed by atoms with Gasteiger partial charge < -0.3 is 5.11 Å². The summed E-state index contributed by atoms with van der Waals surface area (Å²) in [4.78, 5) is 21.2. The summed E-state index contributed by atoms with van der Waals surface area (Å²) in [5.41, 5.74) is -0.0130. The van der Waals surface area contributed by atoms with Gasteiger partial charge in [-0.3, -0.25) is 20.2 Å². The minimum atomic E-state index is -1.02. The van der Waals surface area contributed by atoms with Crippen molar-refractivity contribution < 1.29 is 14.8 Å². The highest BCUT2D eigenvalue weighted by Gasteiger charge is 2.21. The lowest BCUT2D eigenvalue weighted by Gasteiger charge is -2.13. The van der Waals surface area contributed by atoms with E-state index in [1.54, 1.807) is 6.92 Å². The molecule has 0 saturated carbocycles. The normalized spacial score (nSPS) is 12.2. The summed E-state index contributed by atoms with van der Waals surface area (Å²) in [5.74, 6) is -1.02. The van der Waals surface area contributed by atoms with Crippen molar-refractivity contribution >= 4 is 34.9 Å². The number of carboxylic acid groups (broad SMARTS) is 1. The van der Waals surface area contributed by atoms with Crippen LogP contribution in [0.15, 0.2) is 12.1 Å². The van der Waals surface area contributed by atoms with Gasteiger partial charge in [0.2, 0.25) is 0 Å². The van der Waals surface area contributed by atoms with E-state index in [1.165, 1.54) is 12.1 Å². The molecule has 1 aromatic rings. The van der Waals surface area contributed by atoms with Crippen LogP contribution in [0.5, 0.6) is 0 Å². The summed E-state index contributed by atoms with van der Waals surface area (Å²) >= 11 is 11.7. The molecule has 0 amide bonds. The van der Waals surface area contributed by atoms with Crippen LogP contribution in [0.4, 0.5) is 5.69 Å². The summed E-state index contributed by atoms with van der Waals surface area (Å²) in [6.07, 6.45) is 0.349. The molecule has 1 unspecified atom stereocenters. The van der Waals surface area contributed by atoms with Crippen LogP contribution in [0.2, 0.25) is 10.0 Å². The molecule has 0 aromatic heterocycles. The van der Waals surface area contributed by atoms with Crippen LogP contribution in [-0.4, -0.2) is 22.0 Å². The van der Waals surface area contributed by atoms with E-state index >= 15 is 0 Å². The minimum Gasteiger partial charge on any atom is -0.480 e. The minimum absolute atomic E-state index is 0.0412. The lowest BCUT2D eigenvalue weighted by Crippen LogP contribution is -2.35. The van der Waals surface area contributed by atoms with E-state index in [-0.39, 0.29) is 27.8 Å². The molecular formula is C11H12Cl2N2O4. The Kier molecular flexibility index (Phi) is 5.53. The van der Waals surface area contributed by atoms with Gasteiger partial charge in [-0.2, -0.15) is 0 Å². The number of halogens is 2. The predicted octanol–water partition coefficient (Wildman–Crippen LogP) is 2.85. The van der Waals surface area contributed by atoms with E-state index in [1.807, 2.05) is 0 Å².